The standard InChI is InChI=1S/C11H17N3O4S/c15-5-1-2-9-8-12-11(16)10(13-9)14-3-6-19(17,18)7-4-14/h5,8,11-12,16H,1-4,6-7H2. The van der Waals surface area contributed by atoms with E-state index < -0.39 is 16.1 Å². The molecule has 2 aliphatic heterocycles. The van der Waals surface area contributed by atoms with Gasteiger partial charge in [-0.2, -0.15) is 0 Å². The second-order valence-corrected chi connectivity index (χ2v) is 6.82. The van der Waals surface area contributed by atoms with E-state index in [0.29, 0.717) is 37.5 Å². The van der Waals surface area contributed by atoms with Crippen LogP contribution in [0.25, 0.3) is 0 Å². The van der Waals surface area contributed by atoms with Gasteiger partial charge in [-0.1, -0.05) is 0 Å². The van der Waals surface area contributed by atoms with E-state index in [1.165, 1.54) is 0 Å². The summed E-state index contributed by atoms with van der Waals surface area (Å²) in [7, 11) is -2.96. The highest BCUT2D eigenvalue weighted by molar-refractivity contribution is 7.91. The molecule has 1 saturated heterocycles. The van der Waals surface area contributed by atoms with E-state index in [9.17, 15) is 18.3 Å². The summed E-state index contributed by atoms with van der Waals surface area (Å²) >= 11 is 0. The number of allylic oxidation sites excluding steroid dienone is 1. The van der Waals surface area contributed by atoms with Crippen molar-refractivity contribution in [1.82, 2.24) is 10.2 Å². The van der Waals surface area contributed by atoms with Crippen LogP contribution >= 0.6 is 0 Å². The Kier molecular flexibility index (Phi) is 4.20. The predicted octanol–water partition coefficient (Wildman–Crippen LogP) is -1.14. The first-order valence-corrected chi connectivity index (χ1v) is 7.95. The predicted molar refractivity (Wildman–Crippen MR) is 70.2 cm³/mol. The summed E-state index contributed by atoms with van der Waals surface area (Å²) in [5, 5.41) is 12.6. The second-order valence-electron chi connectivity index (χ2n) is 4.52. The van der Waals surface area contributed by atoms with Gasteiger partial charge >= 0.3 is 0 Å². The molecular formula is C11H17N3O4S. The number of carbonyl (C=O) groups excluding carboxylic acids is 1. The fourth-order valence-corrected chi connectivity index (χ4v) is 3.21. The first kappa shape index (κ1) is 14.0. The van der Waals surface area contributed by atoms with E-state index in [1.807, 2.05) is 0 Å². The Balaban J connectivity index is 2.07. The largest absolute Gasteiger partial charge is 0.367 e. The van der Waals surface area contributed by atoms with Gasteiger partial charge in [-0.3, -0.25) is 0 Å². The van der Waals surface area contributed by atoms with E-state index in [-0.39, 0.29) is 11.5 Å². The highest BCUT2D eigenvalue weighted by atomic mass is 32.2. The lowest BCUT2D eigenvalue weighted by molar-refractivity contribution is -0.107. The molecule has 2 N–H and O–H groups in total. The molecule has 0 amide bonds. The molecule has 19 heavy (non-hydrogen) atoms. The number of carbonyl (C=O) groups is 1. The molecule has 2 aliphatic rings. The molecule has 106 valence electrons. The summed E-state index contributed by atoms with van der Waals surface area (Å²) in [5.74, 6) is 0.580. The van der Waals surface area contributed by atoms with Crippen molar-refractivity contribution in [2.45, 2.75) is 19.1 Å². The van der Waals surface area contributed by atoms with E-state index in [4.69, 9.17) is 0 Å². The van der Waals surface area contributed by atoms with E-state index in [0.717, 1.165) is 6.29 Å². The highest BCUT2D eigenvalue weighted by Crippen LogP contribution is 2.14. The third-order valence-corrected chi connectivity index (χ3v) is 4.71. The number of amidine groups is 1. The number of aliphatic hydroxyl groups is 1. The second kappa shape index (κ2) is 5.70. The number of nitrogens with one attached hydrogen (secondary N) is 1. The summed E-state index contributed by atoms with van der Waals surface area (Å²) in [6.07, 6.45) is 2.33. The van der Waals surface area contributed by atoms with Crippen LogP contribution in [-0.2, 0) is 14.6 Å². The average Bonchev–Trinajstić information content (AvgIpc) is 2.38. The maximum Gasteiger partial charge on any atom is 0.183 e. The number of aldehydes is 1. The molecule has 0 aliphatic carbocycles. The fourth-order valence-electron chi connectivity index (χ4n) is 2.01. The molecule has 1 atom stereocenters. The Labute approximate surface area is 111 Å². The van der Waals surface area contributed by atoms with Crippen LogP contribution in [0.15, 0.2) is 16.9 Å². The Hall–Kier alpha value is -1.41. The number of aliphatic imine (C=N–C) groups is 1. The van der Waals surface area contributed by atoms with Crippen molar-refractivity contribution in [3.63, 3.8) is 0 Å². The van der Waals surface area contributed by atoms with Crippen LogP contribution in [0.5, 0.6) is 0 Å². The van der Waals surface area contributed by atoms with Gasteiger partial charge in [0, 0.05) is 25.7 Å². The molecule has 0 aromatic rings. The Bertz CT molecular complexity index is 498. The topological polar surface area (TPSA) is 99.1 Å². The van der Waals surface area contributed by atoms with Crippen molar-refractivity contribution < 1.29 is 18.3 Å². The van der Waals surface area contributed by atoms with Crippen LogP contribution in [0.3, 0.4) is 0 Å². The SMILES string of the molecule is O=CCCC1=CNC(O)C(N2CCS(=O)(=O)CC2)=N1. The third kappa shape index (κ3) is 3.54. The summed E-state index contributed by atoms with van der Waals surface area (Å²) in [4.78, 5) is 16.4. The highest BCUT2D eigenvalue weighted by Gasteiger charge is 2.28. The van der Waals surface area contributed by atoms with E-state index in [1.54, 1.807) is 11.1 Å². The minimum Gasteiger partial charge on any atom is -0.367 e. The van der Waals surface area contributed by atoms with Crippen molar-refractivity contribution in [3.8, 4) is 0 Å². The number of hydrogen-bond acceptors (Lipinski definition) is 7. The molecule has 0 aromatic heterocycles. The normalized spacial score (nSPS) is 26.2. The zero-order valence-electron chi connectivity index (χ0n) is 10.4. The zero-order chi connectivity index (χ0) is 13.9. The maximum atomic E-state index is 11.4. The molecule has 0 bridgehead atoms. The van der Waals surface area contributed by atoms with Gasteiger partial charge in [-0.05, 0) is 6.42 Å². The van der Waals surface area contributed by atoms with Gasteiger partial charge in [0.15, 0.2) is 21.9 Å². The van der Waals surface area contributed by atoms with Crippen LogP contribution in [0.4, 0.5) is 0 Å². The number of nitrogens with zero attached hydrogens (tertiary/aromatic N) is 2. The van der Waals surface area contributed by atoms with Crippen LogP contribution < -0.4 is 5.32 Å². The van der Waals surface area contributed by atoms with Crippen molar-refractivity contribution in [2.24, 2.45) is 4.99 Å². The van der Waals surface area contributed by atoms with Gasteiger partial charge < -0.3 is 20.1 Å². The number of hydrogen-bond donors (Lipinski definition) is 2. The fraction of sp³-hybridized carbons (Fsp3) is 0.636. The molecule has 1 fully saturated rings. The van der Waals surface area contributed by atoms with Gasteiger partial charge in [0.2, 0.25) is 0 Å². The van der Waals surface area contributed by atoms with E-state index >= 15 is 0 Å². The Morgan fingerprint density at radius 2 is 2.16 bits per heavy atom. The summed E-state index contributed by atoms with van der Waals surface area (Å²) in [6.45, 7) is 0.668. The zero-order valence-corrected chi connectivity index (χ0v) is 11.3. The Morgan fingerprint density at radius 1 is 1.47 bits per heavy atom. The number of sulfone groups is 1. The first-order chi connectivity index (χ1) is 9.02. The van der Waals surface area contributed by atoms with E-state index in [2.05, 4.69) is 10.3 Å². The minimum atomic E-state index is -2.96. The van der Waals surface area contributed by atoms with Crippen molar-refractivity contribution in [2.75, 3.05) is 24.6 Å². The van der Waals surface area contributed by atoms with Crippen LogP contribution in [0.1, 0.15) is 12.8 Å². The molecule has 2 heterocycles. The lowest BCUT2D eigenvalue weighted by Crippen LogP contribution is -2.52. The molecule has 0 radical (unpaired) electrons. The smallest absolute Gasteiger partial charge is 0.183 e. The maximum absolute atomic E-state index is 11.4. The summed E-state index contributed by atoms with van der Waals surface area (Å²) in [5.41, 5.74) is 0.681. The van der Waals surface area contributed by atoms with Crippen molar-refractivity contribution >= 4 is 22.0 Å². The molecule has 2 rings (SSSR count). The monoisotopic (exact) mass is 287 g/mol. The molecule has 8 heteroatoms. The lowest BCUT2D eigenvalue weighted by atomic mass is 10.2. The number of aliphatic hydroxyl groups excluding tert-OH is 1. The molecule has 7 nitrogen and oxygen atoms in total. The van der Waals surface area contributed by atoms with Gasteiger partial charge in [0.05, 0.1) is 17.2 Å². The van der Waals surface area contributed by atoms with Gasteiger partial charge in [0.1, 0.15) is 6.29 Å². The molecule has 1 unspecified atom stereocenters. The average molecular weight is 287 g/mol. The van der Waals surface area contributed by atoms with Gasteiger partial charge in [-0.25, -0.2) is 13.4 Å². The number of rotatable bonds is 3. The quantitative estimate of drug-likeness (QED) is 0.636. The van der Waals surface area contributed by atoms with Crippen LogP contribution in [0, 0.1) is 0 Å². The van der Waals surface area contributed by atoms with Gasteiger partial charge in [-0.15, -0.1) is 0 Å². The van der Waals surface area contributed by atoms with Crippen LogP contribution in [-0.4, -0.2) is 61.4 Å². The summed E-state index contributed by atoms with van der Waals surface area (Å²) < 4.78 is 22.7. The van der Waals surface area contributed by atoms with Crippen molar-refractivity contribution in [3.05, 3.63) is 11.9 Å². The first-order valence-electron chi connectivity index (χ1n) is 6.12. The van der Waals surface area contributed by atoms with Crippen LogP contribution in [0.2, 0.25) is 0 Å². The minimum absolute atomic E-state index is 0.0755. The Morgan fingerprint density at radius 3 is 2.79 bits per heavy atom. The van der Waals surface area contributed by atoms with Gasteiger partial charge in [0.25, 0.3) is 0 Å². The molecular weight excluding hydrogens is 270 g/mol. The molecule has 0 saturated carbocycles. The lowest BCUT2D eigenvalue weighted by Gasteiger charge is -2.33. The third-order valence-electron chi connectivity index (χ3n) is 3.10. The molecule has 0 aromatic carbocycles. The van der Waals surface area contributed by atoms with Crippen molar-refractivity contribution in [1.29, 1.82) is 0 Å². The summed E-state index contributed by atoms with van der Waals surface area (Å²) in [6, 6.07) is 0. The molecule has 0 spiro atoms.